The number of nitriles is 1. The molecule has 1 saturated heterocycles. The summed E-state index contributed by atoms with van der Waals surface area (Å²) in [5.41, 5.74) is -1.08. The monoisotopic (exact) mass is 318 g/mol. The highest BCUT2D eigenvalue weighted by atomic mass is 32.2. The molecule has 0 amide bonds. The molecule has 0 radical (unpaired) electrons. The van der Waals surface area contributed by atoms with Gasteiger partial charge in [-0.25, -0.2) is 8.42 Å². The standard InChI is InChI=1S/C13H13F3N2O2S/c14-13(15,16)11-4-3-9(7-17)6-12(11)18-8-10-2-1-5-21(10,19)20/h3-4,6,10,18H,1-2,5,8H2. The van der Waals surface area contributed by atoms with E-state index >= 15 is 0 Å². The molecule has 1 aromatic carbocycles. The fourth-order valence-corrected chi connectivity index (χ4v) is 4.08. The molecule has 2 rings (SSSR count). The predicted octanol–water partition coefficient (Wildman–Crippen LogP) is 2.57. The van der Waals surface area contributed by atoms with Gasteiger partial charge in [-0.1, -0.05) is 0 Å². The Morgan fingerprint density at radius 3 is 2.62 bits per heavy atom. The van der Waals surface area contributed by atoms with Gasteiger partial charge in [-0.05, 0) is 31.0 Å². The number of hydrogen-bond donors (Lipinski definition) is 1. The first-order chi connectivity index (χ1) is 9.74. The number of anilines is 1. The van der Waals surface area contributed by atoms with Crippen LogP contribution in [0.1, 0.15) is 24.0 Å². The second kappa shape index (κ2) is 5.56. The zero-order valence-electron chi connectivity index (χ0n) is 10.9. The Labute approximate surface area is 120 Å². The quantitative estimate of drug-likeness (QED) is 0.930. The number of nitrogens with zero attached hydrogens (tertiary/aromatic N) is 1. The molecule has 21 heavy (non-hydrogen) atoms. The first-order valence-corrected chi connectivity index (χ1v) is 8.02. The molecule has 0 aromatic heterocycles. The van der Waals surface area contributed by atoms with E-state index in [4.69, 9.17) is 5.26 Å². The SMILES string of the molecule is N#Cc1ccc(C(F)(F)F)c(NCC2CCCS2(=O)=O)c1. The first kappa shape index (κ1) is 15.6. The van der Waals surface area contributed by atoms with Crippen LogP contribution in [0.15, 0.2) is 18.2 Å². The molecule has 1 unspecified atom stereocenters. The third kappa shape index (κ3) is 3.47. The second-order valence-electron chi connectivity index (χ2n) is 4.88. The van der Waals surface area contributed by atoms with Crippen LogP contribution < -0.4 is 5.32 Å². The molecule has 1 N–H and O–H groups in total. The fraction of sp³-hybridized carbons (Fsp3) is 0.462. The summed E-state index contributed by atoms with van der Waals surface area (Å²) in [7, 11) is -3.23. The lowest BCUT2D eigenvalue weighted by Gasteiger charge is -2.17. The topological polar surface area (TPSA) is 70.0 Å². The van der Waals surface area contributed by atoms with Gasteiger partial charge in [0.2, 0.25) is 0 Å². The molecule has 4 nitrogen and oxygen atoms in total. The van der Waals surface area contributed by atoms with E-state index in [2.05, 4.69) is 5.32 Å². The normalized spacial score (nSPS) is 21.0. The zero-order valence-corrected chi connectivity index (χ0v) is 11.8. The smallest absolute Gasteiger partial charge is 0.383 e. The summed E-state index contributed by atoms with van der Waals surface area (Å²) in [6.07, 6.45) is -3.60. The number of benzene rings is 1. The molecule has 0 spiro atoms. The van der Waals surface area contributed by atoms with Gasteiger partial charge in [0.05, 0.1) is 28.2 Å². The van der Waals surface area contributed by atoms with Crippen molar-refractivity contribution in [3.8, 4) is 6.07 Å². The molecule has 0 aliphatic carbocycles. The largest absolute Gasteiger partial charge is 0.418 e. The van der Waals surface area contributed by atoms with Gasteiger partial charge in [-0.3, -0.25) is 0 Å². The minimum Gasteiger partial charge on any atom is -0.383 e. The van der Waals surface area contributed by atoms with Crippen molar-refractivity contribution >= 4 is 15.5 Å². The maximum atomic E-state index is 12.9. The summed E-state index contributed by atoms with van der Waals surface area (Å²) in [6.45, 7) is -0.0830. The van der Waals surface area contributed by atoms with Crippen molar-refractivity contribution in [1.82, 2.24) is 0 Å². The van der Waals surface area contributed by atoms with Gasteiger partial charge in [-0.2, -0.15) is 18.4 Å². The van der Waals surface area contributed by atoms with Gasteiger partial charge < -0.3 is 5.32 Å². The lowest BCUT2D eigenvalue weighted by molar-refractivity contribution is -0.136. The Morgan fingerprint density at radius 1 is 1.38 bits per heavy atom. The molecule has 1 aliphatic rings. The average molecular weight is 318 g/mol. The van der Waals surface area contributed by atoms with Crippen LogP contribution in [0.3, 0.4) is 0 Å². The molecule has 8 heteroatoms. The Kier molecular flexibility index (Phi) is 4.14. The molecule has 114 valence electrons. The van der Waals surface area contributed by atoms with Crippen molar-refractivity contribution < 1.29 is 21.6 Å². The van der Waals surface area contributed by atoms with Gasteiger partial charge in [0.15, 0.2) is 9.84 Å². The van der Waals surface area contributed by atoms with Gasteiger partial charge in [-0.15, -0.1) is 0 Å². The molecule has 1 heterocycles. The van der Waals surface area contributed by atoms with Gasteiger partial charge in [0.25, 0.3) is 0 Å². The lowest BCUT2D eigenvalue weighted by atomic mass is 10.1. The predicted molar refractivity (Wildman–Crippen MR) is 71.5 cm³/mol. The Hall–Kier alpha value is -1.75. The molecule has 1 fully saturated rings. The summed E-state index contributed by atoms with van der Waals surface area (Å²) < 4.78 is 62.0. The third-order valence-corrected chi connectivity index (χ3v) is 5.71. The molecular weight excluding hydrogens is 305 g/mol. The molecule has 1 aliphatic heterocycles. The lowest BCUT2D eigenvalue weighted by Crippen LogP contribution is -2.26. The van der Waals surface area contributed by atoms with Crippen molar-refractivity contribution in [2.75, 3.05) is 17.6 Å². The fourth-order valence-electron chi connectivity index (χ4n) is 2.32. The van der Waals surface area contributed by atoms with Crippen molar-refractivity contribution in [1.29, 1.82) is 5.26 Å². The molecular formula is C13H13F3N2O2S. The van der Waals surface area contributed by atoms with Gasteiger partial charge in [0, 0.05) is 12.2 Å². The molecule has 0 saturated carbocycles. The van der Waals surface area contributed by atoms with E-state index in [1.807, 2.05) is 0 Å². The first-order valence-electron chi connectivity index (χ1n) is 6.31. The van der Waals surface area contributed by atoms with Crippen LogP contribution in [0.4, 0.5) is 18.9 Å². The van der Waals surface area contributed by atoms with Crippen molar-refractivity contribution in [2.45, 2.75) is 24.3 Å². The van der Waals surface area contributed by atoms with Crippen molar-refractivity contribution in [3.63, 3.8) is 0 Å². The maximum absolute atomic E-state index is 12.9. The van der Waals surface area contributed by atoms with E-state index in [-0.39, 0.29) is 23.5 Å². The van der Waals surface area contributed by atoms with Crippen LogP contribution in [0, 0.1) is 11.3 Å². The number of sulfone groups is 1. The van der Waals surface area contributed by atoms with E-state index in [1.54, 1.807) is 6.07 Å². The third-order valence-electron chi connectivity index (χ3n) is 3.44. The average Bonchev–Trinajstić information content (AvgIpc) is 2.73. The van der Waals surface area contributed by atoms with Crippen LogP contribution >= 0.6 is 0 Å². The minimum absolute atomic E-state index is 0.0731. The summed E-state index contributed by atoms with van der Waals surface area (Å²) in [5, 5.41) is 10.6. The summed E-state index contributed by atoms with van der Waals surface area (Å²) >= 11 is 0. The van der Waals surface area contributed by atoms with Crippen LogP contribution in [0.5, 0.6) is 0 Å². The molecule has 0 bridgehead atoms. The number of halogens is 3. The maximum Gasteiger partial charge on any atom is 0.418 e. The van der Waals surface area contributed by atoms with E-state index in [9.17, 15) is 21.6 Å². The Bertz CT molecular complexity index is 678. The number of hydrogen-bond acceptors (Lipinski definition) is 4. The van der Waals surface area contributed by atoms with E-state index in [1.165, 1.54) is 0 Å². The number of rotatable bonds is 3. The summed E-state index contributed by atoms with van der Waals surface area (Å²) in [5.74, 6) is 0.0731. The highest BCUT2D eigenvalue weighted by Crippen LogP contribution is 2.35. The van der Waals surface area contributed by atoms with Gasteiger partial charge in [0.1, 0.15) is 0 Å². The van der Waals surface area contributed by atoms with E-state index < -0.39 is 26.8 Å². The van der Waals surface area contributed by atoms with Crippen molar-refractivity contribution in [3.05, 3.63) is 29.3 Å². The molecule has 1 atom stereocenters. The van der Waals surface area contributed by atoms with Crippen LogP contribution in [0.25, 0.3) is 0 Å². The summed E-state index contributed by atoms with van der Waals surface area (Å²) in [6, 6.07) is 4.76. The van der Waals surface area contributed by atoms with Crippen molar-refractivity contribution in [2.24, 2.45) is 0 Å². The van der Waals surface area contributed by atoms with E-state index in [0.717, 1.165) is 18.2 Å². The van der Waals surface area contributed by atoms with Gasteiger partial charge >= 0.3 is 6.18 Å². The number of nitrogens with one attached hydrogen (secondary N) is 1. The zero-order chi connectivity index (χ0) is 15.7. The number of alkyl halides is 3. The highest BCUT2D eigenvalue weighted by molar-refractivity contribution is 7.92. The highest BCUT2D eigenvalue weighted by Gasteiger charge is 2.35. The summed E-state index contributed by atoms with van der Waals surface area (Å²) in [4.78, 5) is 0. The minimum atomic E-state index is -4.56. The Morgan fingerprint density at radius 2 is 2.10 bits per heavy atom. The molecule has 1 aromatic rings. The van der Waals surface area contributed by atoms with Crippen LogP contribution in [-0.2, 0) is 16.0 Å². The Balaban J connectivity index is 2.24. The van der Waals surface area contributed by atoms with E-state index in [0.29, 0.717) is 12.8 Å². The second-order valence-corrected chi connectivity index (χ2v) is 7.28. The van der Waals surface area contributed by atoms with Crippen LogP contribution in [-0.4, -0.2) is 26.0 Å². The van der Waals surface area contributed by atoms with Crippen LogP contribution in [0.2, 0.25) is 0 Å².